The normalized spacial score (nSPS) is 15.1. The van der Waals surface area contributed by atoms with Gasteiger partial charge in [-0.3, -0.25) is 9.59 Å². The number of rotatable bonds is 4. The third kappa shape index (κ3) is 5.74. The number of guanidine groups is 1. The molecule has 7 nitrogen and oxygen atoms in total. The van der Waals surface area contributed by atoms with Crippen LogP contribution in [0.1, 0.15) is 13.8 Å². The first-order chi connectivity index (χ1) is 12.0. The highest BCUT2D eigenvalue weighted by molar-refractivity contribution is 5.94. The number of halogens is 1. The number of hydrogen-bond donors (Lipinski definition) is 2. The number of benzene rings is 1. The van der Waals surface area contributed by atoms with E-state index in [1.54, 1.807) is 17.9 Å². The molecule has 0 spiro atoms. The predicted molar refractivity (Wildman–Crippen MR) is 94.8 cm³/mol. The van der Waals surface area contributed by atoms with Crippen molar-refractivity contribution in [2.75, 3.05) is 44.6 Å². The topological polar surface area (TPSA) is 77.0 Å². The van der Waals surface area contributed by atoms with Gasteiger partial charge in [0.15, 0.2) is 5.96 Å². The predicted octanol–water partition coefficient (Wildman–Crippen LogP) is 0.894. The van der Waals surface area contributed by atoms with Gasteiger partial charge < -0.3 is 20.4 Å². The molecule has 25 heavy (non-hydrogen) atoms. The molecule has 1 fully saturated rings. The summed E-state index contributed by atoms with van der Waals surface area (Å²) < 4.78 is 13.1. The van der Waals surface area contributed by atoms with E-state index in [0.29, 0.717) is 44.4 Å². The molecule has 0 radical (unpaired) electrons. The van der Waals surface area contributed by atoms with Gasteiger partial charge in [-0.05, 0) is 25.1 Å². The molecule has 2 amide bonds. The van der Waals surface area contributed by atoms with Gasteiger partial charge in [0.25, 0.3) is 0 Å². The Balaban J connectivity index is 1.92. The number of aliphatic imine (C=N–C) groups is 1. The summed E-state index contributed by atoms with van der Waals surface area (Å²) in [5, 5.41) is 5.78. The molecule has 2 N–H and O–H groups in total. The Labute approximate surface area is 146 Å². The second kappa shape index (κ2) is 9.00. The number of piperazine rings is 1. The molecular formula is C17H24FN5O2. The lowest BCUT2D eigenvalue weighted by atomic mass is 10.3. The zero-order valence-electron chi connectivity index (χ0n) is 14.6. The molecule has 0 bridgehead atoms. The van der Waals surface area contributed by atoms with E-state index in [1.165, 1.54) is 18.2 Å². The van der Waals surface area contributed by atoms with E-state index in [1.807, 2.05) is 11.8 Å². The third-order valence-corrected chi connectivity index (χ3v) is 3.84. The quantitative estimate of drug-likeness (QED) is 0.625. The van der Waals surface area contributed by atoms with Gasteiger partial charge in [0.05, 0.1) is 0 Å². The van der Waals surface area contributed by atoms with E-state index >= 15 is 0 Å². The summed E-state index contributed by atoms with van der Waals surface area (Å²) in [4.78, 5) is 31.6. The molecule has 8 heteroatoms. The minimum absolute atomic E-state index is 0.0637. The van der Waals surface area contributed by atoms with Crippen LogP contribution in [0.15, 0.2) is 29.3 Å². The Hall–Kier alpha value is -2.64. The number of carbonyl (C=O) groups excluding carboxylic acids is 2. The fourth-order valence-corrected chi connectivity index (χ4v) is 2.57. The van der Waals surface area contributed by atoms with Crippen LogP contribution >= 0.6 is 0 Å². The Morgan fingerprint density at radius 2 is 1.88 bits per heavy atom. The van der Waals surface area contributed by atoms with Crippen LogP contribution in [-0.4, -0.2) is 66.8 Å². The number of carbonyl (C=O) groups is 2. The van der Waals surface area contributed by atoms with Crippen LogP contribution in [0, 0.1) is 5.82 Å². The molecule has 1 aliphatic rings. The summed E-state index contributed by atoms with van der Waals surface area (Å²) >= 11 is 0. The van der Waals surface area contributed by atoms with Gasteiger partial charge in [0, 0.05) is 45.3 Å². The SMILES string of the molecule is CCNC(=NCC(=O)Nc1cccc(F)c1)N1CCN(C(C)=O)CC1. The van der Waals surface area contributed by atoms with Crippen LogP contribution in [0.5, 0.6) is 0 Å². The lowest BCUT2D eigenvalue weighted by Gasteiger charge is -2.36. The van der Waals surface area contributed by atoms with Gasteiger partial charge in [-0.25, -0.2) is 9.38 Å². The van der Waals surface area contributed by atoms with Crippen molar-refractivity contribution in [1.82, 2.24) is 15.1 Å². The van der Waals surface area contributed by atoms with Crippen molar-refractivity contribution in [3.63, 3.8) is 0 Å². The lowest BCUT2D eigenvalue weighted by Crippen LogP contribution is -2.53. The maximum absolute atomic E-state index is 13.1. The number of amides is 2. The molecule has 1 aliphatic heterocycles. The average molecular weight is 349 g/mol. The number of nitrogens with one attached hydrogen (secondary N) is 2. The molecule has 1 aromatic rings. The van der Waals surface area contributed by atoms with Crippen molar-refractivity contribution < 1.29 is 14.0 Å². The van der Waals surface area contributed by atoms with Gasteiger partial charge in [-0.2, -0.15) is 0 Å². The van der Waals surface area contributed by atoms with E-state index in [0.717, 1.165) is 0 Å². The van der Waals surface area contributed by atoms with Gasteiger partial charge in [-0.1, -0.05) is 6.07 Å². The maximum Gasteiger partial charge on any atom is 0.246 e. The standard InChI is InChI=1S/C17H24FN5O2/c1-3-19-17(23-9-7-22(8-10-23)13(2)24)20-12-16(25)21-15-6-4-5-14(18)11-15/h4-6,11H,3,7-10,12H2,1-2H3,(H,19,20)(H,21,25). The molecule has 0 aromatic heterocycles. The molecule has 0 aliphatic carbocycles. The first-order valence-electron chi connectivity index (χ1n) is 8.33. The molecule has 1 aromatic carbocycles. The summed E-state index contributed by atoms with van der Waals surface area (Å²) in [5.74, 6) is -0.0162. The first kappa shape index (κ1) is 18.7. The van der Waals surface area contributed by atoms with Crippen molar-refractivity contribution in [2.45, 2.75) is 13.8 Å². The fourth-order valence-electron chi connectivity index (χ4n) is 2.57. The van der Waals surface area contributed by atoms with Gasteiger partial charge in [0.1, 0.15) is 12.4 Å². The van der Waals surface area contributed by atoms with E-state index in [2.05, 4.69) is 15.6 Å². The van der Waals surface area contributed by atoms with Crippen molar-refractivity contribution >= 4 is 23.5 Å². The van der Waals surface area contributed by atoms with E-state index in [-0.39, 0.29) is 18.4 Å². The highest BCUT2D eigenvalue weighted by Crippen LogP contribution is 2.09. The van der Waals surface area contributed by atoms with Crippen LogP contribution in [0.3, 0.4) is 0 Å². The molecule has 0 unspecified atom stereocenters. The van der Waals surface area contributed by atoms with E-state index < -0.39 is 5.82 Å². The number of nitrogens with zero attached hydrogens (tertiary/aromatic N) is 3. The third-order valence-electron chi connectivity index (χ3n) is 3.84. The maximum atomic E-state index is 13.1. The van der Waals surface area contributed by atoms with Gasteiger partial charge >= 0.3 is 0 Å². The number of anilines is 1. The Bertz CT molecular complexity index is 642. The van der Waals surface area contributed by atoms with Crippen molar-refractivity contribution in [3.8, 4) is 0 Å². The molecule has 0 atom stereocenters. The molecular weight excluding hydrogens is 325 g/mol. The Morgan fingerprint density at radius 3 is 2.48 bits per heavy atom. The highest BCUT2D eigenvalue weighted by Gasteiger charge is 2.21. The minimum atomic E-state index is -0.405. The first-order valence-corrected chi connectivity index (χ1v) is 8.33. The van der Waals surface area contributed by atoms with Gasteiger partial charge in [-0.15, -0.1) is 0 Å². The second-order valence-corrected chi connectivity index (χ2v) is 5.72. The minimum Gasteiger partial charge on any atom is -0.357 e. The zero-order valence-corrected chi connectivity index (χ0v) is 14.6. The second-order valence-electron chi connectivity index (χ2n) is 5.72. The molecule has 2 rings (SSSR count). The lowest BCUT2D eigenvalue weighted by molar-refractivity contribution is -0.130. The van der Waals surface area contributed by atoms with Crippen LogP contribution in [0.25, 0.3) is 0 Å². The van der Waals surface area contributed by atoms with Crippen molar-refractivity contribution in [2.24, 2.45) is 4.99 Å². The fraction of sp³-hybridized carbons (Fsp3) is 0.471. The van der Waals surface area contributed by atoms with Gasteiger partial charge in [0.2, 0.25) is 11.8 Å². The summed E-state index contributed by atoms with van der Waals surface area (Å²) in [6.07, 6.45) is 0. The molecule has 1 heterocycles. The molecule has 1 saturated heterocycles. The van der Waals surface area contributed by atoms with Crippen LogP contribution in [0.2, 0.25) is 0 Å². The average Bonchev–Trinajstić information content (AvgIpc) is 2.58. The van der Waals surface area contributed by atoms with E-state index in [4.69, 9.17) is 0 Å². The largest absolute Gasteiger partial charge is 0.357 e. The Morgan fingerprint density at radius 1 is 1.20 bits per heavy atom. The van der Waals surface area contributed by atoms with E-state index in [9.17, 15) is 14.0 Å². The van der Waals surface area contributed by atoms with Crippen LogP contribution in [-0.2, 0) is 9.59 Å². The molecule has 0 saturated carbocycles. The van der Waals surface area contributed by atoms with Crippen molar-refractivity contribution in [1.29, 1.82) is 0 Å². The van der Waals surface area contributed by atoms with Crippen LogP contribution in [0.4, 0.5) is 10.1 Å². The zero-order chi connectivity index (χ0) is 18.2. The summed E-state index contributed by atoms with van der Waals surface area (Å²) in [6, 6.07) is 5.73. The highest BCUT2D eigenvalue weighted by atomic mass is 19.1. The summed E-state index contributed by atoms with van der Waals surface area (Å²) in [5.41, 5.74) is 0.403. The number of hydrogen-bond acceptors (Lipinski definition) is 3. The van der Waals surface area contributed by atoms with Crippen molar-refractivity contribution in [3.05, 3.63) is 30.1 Å². The summed E-state index contributed by atoms with van der Waals surface area (Å²) in [7, 11) is 0. The van der Waals surface area contributed by atoms with Crippen LogP contribution < -0.4 is 10.6 Å². The Kier molecular flexibility index (Phi) is 6.73. The molecule has 136 valence electrons. The smallest absolute Gasteiger partial charge is 0.246 e. The monoisotopic (exact) mass is 349 g/mol. The summed E-state index contributed by atoms with van der Waals surface area (Å²) in [6.45, 7) is 6.72.